The number of imidazole rings is 1. The van der Waals surface area contributed by atoms with Crippen molar-refractivity contribution in [3.63, 3.8) is 0 Å². The van der Waals surface area contributed by atoms with Gasteiger partial charge >= 0.3 is 0 Å². The molecule has 5 nitrogen and oxygen atoms in total. The van der Waals surface area contributed by atoms with Crippen LogP contribution in [0.4, 0.5) is 4.39 Å². The van der Waals surface area contributed by atoms with Gasteiger partial charge in [0.05, 0.1) is 29.8 Å². The van der Waals surface area contributed by atoms with Crippen LogP contribution in [0.5, 0.6) is 0 Å². The average molecular weight is 337 g/mol. The Hall–Kier alpha value is -1.86. The van der Waals surface area contributed by atoms with Gasteiger partial charge in [0.25, 0.3) is 0 Å². The average Bonchev–Trinajstić information content (AvgIpc) is 2.88. The maximum atomic E-state index is 12.9. The maximum Gasteiger partial charge on any atom is 0.233 e. The largest absolute Gasteiger partial charge is 0.390 e. The van der Waals surface area contributed by atoms with Crippen LogP contribution in [-0.4, -0.2) is 25.8 Å². The Morgan fingerprint density at radius 1 is 1.39 bits per heavy atom. The number of thioether (sulfide) groups is 1. The van der Waals surface area contributed by atoms with Crippen molar-refractivity contribution in [2.75, 3.05) is 0 Å². The summed E-state index contributed by atoms with van der Waals surface area (Å²) in [6.45, 7) is 3.56. The molecular formula is C16H20FN3O2S. The molecule has 124 valence electrons. The molecule has 7 heteroatoms. The fourth-order valence-corrected chi connectivity index (χ4v) is 2.94. The van der Waals surface area contributed by atoms with Crippen molar-refractivity contribution < 1.29 is 14.3 Å². The van der Waals surface area contributed by atoms with Gasteiger partial charge in [-0.25, -0.2) is 9.37 Å². The van der Waals surface area contributed by atoms with Crippen molar-refractivity contribution in [2.45, 2.75) is 36.9 Å². The highest BCUT2D eigenvalue weighted by Gasteiger charge is 2.19. The predicted molar refractivity (Wildman–Crippen MR) is 87.4 cm³/mol. The Labute approximate surface area is 138 Å². The summed E-state index contributed by atoms with van der Waals surface area (Å²) in [5.74, 6) is -0.425. The Morgan fingerprint density at radius 3 is 2.61 bits per heavy atom. The van der Waals surface area contributed by atoms with E-state index in [4.69, 9.17) is 5.11 Å². The SMILES string of the molecule is CC(Sc1ncc(CO)n1C)C(=O)NC(C)c1ccc(F)cc1. The molecule has 0 radical (unpaired) electrons. The highest BCUT2D eigenvalue weighted by Crippen LogP contribution is 2.23. The van der Waals surface area contributed by atoms with Crippen molar-refractivity contribution in [2.24, 2.45) is 7.05 Å². The van der Waals surface area contributed by atoms with Gasteiger partial charge in [-0.05, 0) is 31.5 Å². The first-order valence-corrected chi connectivity index (χ1v) is 8.14. The summed E-state index contributed by atoms with van der Waals surface area (Å²) < 4.78 is 14.7. The zero-order chi connectivity index (χ0) is 17.0. The molecule has 1 heterocycles. The minimum absolute atomic E-state index is 0.0910. The monoisotopic (exact) mass is 337 g/mol. The molecule has 1 amide bonds. The first-order chi connectivity index (χ1) is 10.9. The third-order valence-corrected chi connectivity index (χ3v) is 4.74. The maximum absolute atomic E-state index is 12.9. The number of aliphatic hydroxyl groups excluding tert-OH is 1. The minimum atomic E-state index is -0.342. The molecule has 0 fully saturated rings. The number of aromatic nitrogens is 2. The fourth-order valence-electron chi connectivity index (χ4n) is 2.06. The third kappa shape index (κ3) is 4.33. The first kappa shape index (κ1) is 17.5. The van der Waals surface area contributed by atoms with Crippen molar-refractivity contribution in [1.82, 2.24) is 14.9 Å². The summed E-state index contributed by atoms with van der Waals surface area (Å²) in [5, 5.41) is 12.4. The summed E-state index contributed by atoms with van der Waals surface area (Å²) >= 11 is 1.32. The van der Waals surface area contributed by atoms with Crippen molar-refractivity contribution >= 4 is 17.7 Å². The number of nitrogens with zero attached hydrogens (tertiary/aromatic N) is 2. The molecule has 0 aliphatic carbocycles. The van der Waals surface area contributed by atoms with Gasteiger partial charge < -0.3 is 15.0 Å². The number of rotatable bonds is 6. The molecule has 1 aromatic heterocycles. The molecule has 1 aromatic carbocycles. The van der Waals surface area contributed by atoms with Gasteiger partial charge in [0.2, 0.25) is 5.91 Å². The molecule has 0 spiro atoms. The summed E-state index contributed by atoms with van der Waals surface area (Å²) in [7, 11) is 1.80. The lowest BCUT2D eigenvalue weighted by atomic mass is 10.1. The quantitative estimate of drug-likeness (QED) is 0.795. The van der Waals surface area contributed by atoms with Gasteiger partial charge in [0.15, 0.2) is 5.16 Å². The number of hydrogen-bond donors (Lipinski definition) is 2. The third-order valence-electron chi connectivity index (χ3n) is 3.58. The minimum Gasteiger partial charge on any atom is -0.390 e. The highest BCUT2D eigenvalue weighted by atomic mass is 32.2. The van der Waals surface area contributed by atoms with Gasteiger partial charge in [-0.15, -0.1) is 0 Å². The molecule has 2 N–H and O–H groups in total. The zero-order valence-electron chi connectivity index (χ0n) is 13.3. The predicted octanol–water partition coefficient (Wildman–Crippen LogP) is 2.41. The van der Waals surface area contributed by atoms with Crippen LogP contribution >= 0.6 is 11.8 Å². The molecule has 2 aromatic rings. The van der Waals surface area contributed by atoms with Crippen LogP contribution in [0, 0.1) is 5.82 Å². The van der Waals surface area contributed by atoms with E-state index in [9.17, 15) is 9.18 Å². The molecule has 0 aliphatic rings. The van der Waals surface area contributed by atoms with Crippen LogP contribution < -0.4 is 5.32 Å². The summed E-state index contributed by atoms with van der Waals surface area (Å²) in [5.41, 5.74) is 1.54. The van der Waals surface area contributed by atoms with Crippen LogP contribution in [0.1, 0.15) is 31.1 Å². The Bertz CT molecular complexity index is 672. The number of aliphatic hydroxyl groups is 1. The smallest absolute Gasteiger partial charge is 0.233 e. The Morgan fingerprint density at radius 2 is 2.04 bits per heavy atom. The number of hydrogen-bond acceptors (Lipinski definition) is 4. The van der Waals surface area contributed by atoms with Gasteiger partial charge in [-0.1, -0.05) is 23.9 Å². The molecule has 2 unspecified atom stereocenters. The van der Waals surface area contributed by atoms with Crippen LogP contribution in [0.25, 0.3) is 0 Å². The number of carbonyl (C=O) groups excluding carboxylic acids is 1. The van der Waals surface area contributed by atoms with E-state index in [1.807, 2.05) is 6.92 Å². The van der Waals surface area contributed by atoms with E-state index in [-0.39, 0.29) is 29.6 Å². The number of halogens is 1. The van der Waals surface area contributed by atoms with Gasteiger partial charge in [0.1, 0.15) is 5.82 Å². The van der Waals surface area contributed by atoms with Gasteiger partial charge in [-0.2, -0.15) is 0 Å². The molecule has 2 atom stereocenters. The number of carbonyl (C=O) groups is 1. The number of nitrogens with one attached hydrogen (secondary N) is 1. The summed E-state index contributed by atoms with van der Waals surface area (Å²) in [6, 6.07) is 5.86. The zero-order valence-corrected chi connectivity index (χ0v) is 14.1. The van der Waals surface area contributed by atoms with Crippen LogP contribution in [0.15, 0.2) is 35.6 Å². The first-order valence-electron chi connectivity index (χ1n) is 7.26. The van der Waals surface area contributed by atoms with Gasteiger partial charge in [-0.3, -0.25) is 4.79 Å². The molecule has 23 heavy (non-hydrogen) atoms. The Kier molecular flexibility index (Phi) is 5.79. The Balaban J connectivity index is 1.96. The van der Waals surface area contributed by atoms with E-state index in [0.29, 0.717) is 10.9 Å². The summed E-state index contributed by atoms with van der Waals surface area (Å²) in [4.78, 5) is 16.5. The lowest BCUT2D eigenvalue weighted by Crippen LogP contribution is -2.33. The second-order valence-corrected chi connectivity index (χ2v) is 6.60. The molecule has 0 saturated heterocycles. The van der Waals surface area contributed by atoms with Crippen molar-refractivity contribution in [3.8, 4) is 0 Å². The van der Waals surface area contributed by atoms with E-state index < -0.39 is 0 Å². The number of amides is 1. The highest BCUT2D eigenvalue weighted by molar-refractivity contribution is 8.00. The second-order valence-electron chi connectivity index (χ2n) is 5.29. The van der Waals surface area contributed by atoms with E-state index in [2.05, 4.69) is 10.3 Å². The molecule has 2 rings (SSSR count). The molecule has 0 bridgehead atoms. The van der Waals surface area contributed by atoms with Gasteiger partial charge in [0, 0.05) is 7.05 Å². The van der Waals surface area contributed by atoms with E-state index in [1.165, 1.54) is 23.9 Å². The topological polar surface area (TPSA) is 67.2 Å². The fraction of sp³-hybridized carbons (Fsp3) is 0.375. The van der Waals surface area contributed by atoms with E-state index in [1.54, 1.807) is 36.9 Å². The van der Waals surface area contributed by atoms with Crippen molar-refractivity contribution in [1.29, 1.82) is 0 Å². The summed E-state index contributed by atoms with van der Waals surface area (Å²) in [6.07, 6.45) is 1.59. The molecule has 0 aliphatic heterocycles. The van der Waals surface area contributed by atoms with E-state index >= 15 is 0 Å². The van der Waals surface area contributed by atoms with E-state index in [0.717, 1.165) is 5.56 Å². The molecule has 0 saturated carbocycles. The lowest BCUT2D eigenvalue weighted by Gasteiger charge is -2.17. The second kappa shape index (κ2) is 7.61. The van der Waals surface area contributed by atoms with Crippen LogP contribution in [0.2, 0.25) is 0 Å². The standard InChI is InChI=1S/C16H20FN3O2S/c1-10(12-4-6-13(17)7-5-12)19-15(22)11(2)23-16-18-8-14(9-21)20(16)3/h4-8,10-11,21H,9H2,1-3H3,(H,19,22). The normalized spacial score (nSPS) is 13.6. The lowest BCUT2D eigenvalue weighted by molar-refractivity contribution is -0.120. The molecular weight excluding hydrogens is 317 g/mol. The van der Waals surface area contributed by atoms with Crippen LogP contribution in [-0.2, 0) is 18.4 Å². The van der Waals surface area contributed by atoms with Crippen molar-refractivity contribution in [3.05, 3.63) is 47.5 Å². The number of benzene rings is 1. The van der Waals surface area contributed by atoms with Crippen LogP contribution in [0.3, 0.4) is 0 Å².